The van der Waals surface area contributed by atoms with E-state index in [1.807, 2.05) is 0 Å². The minimum absolute atomic E-state index is 0.847. The molecule has 1 nitrogen and oxygen atoms in total. The standard InChI is InChI=1S/C11H19N/c1-2-3-7-12-11-6-4-5-9-8-10(9)11/h2-3,9-12H,4-8H2,1H3/b3-2+. The second-order valence-corrected chi connectivity index (χ2v) is 4.17. The van der Waals surface area contributed by atoms with Crippen molar-refractivity contribution in [3.05, 3.63) is 12.2 Å². The Labute approximate surface area is 75.2 Å². The maximum Gasteiger partial charge on any atom is 0.0137 e. The molecule has 0 amide bonds. The van der Waals surface area contributed by atoms with Gasteiger partial charge in [0.1, 0.15) is 0 Å². The van der Waals surface area contributed by atoms with Gasteiger partial charge in [0.15, 0.2) is 0 Å². The Morgan fingerprint density at radius 1 is 1.42 bits per heavy atom. The molecule has 0 spiro atoms. The van der Waals surface area contributed by atoms with Gasteiger partial charge in [0.05, 0.1) is 0 Å². The second-order valence-electron chi connectivity index (χ2n) is 4.17. The molecule has 0 aromatic heterocycles. The first-order valence-corrected chi connectivity index (χ1v) is 5.26. The van der Waals surface area contributed by atoms with E-state index in [0.717, 1.165) is 24.4 Å². The van der Waals surface area contributed by atoms with Gasteiger partial charge in [-0.15, -0.1) is 0 Å². The van der Waals surface area contributed by atoms with E-state index in [0.29, 0.717) is 0 Å². The van der Waals surface area contributed by atoms with Crippen molar-refractivity contribution in [2.75, 3.05) is 6.54 Å². The molecular formula is C11H19N. The molecule has 0 aromatic rings. The van der Waals surface area contributed by atoms with E-state index in [9.17, 15) is 0 Å². The molecule has 0 radical (unpaired) electrons. The number of hydrogen-bond acceptors (Lipinski definition) is 1. The molecule has 0 aromatic carbocycles. The third kappa shape index (κ3) is 1.71. The molecule has 1 heteroatoms. The molecule has 1 N–H and O–H groups in total. The van der Waals surface area contributed by atoms with Crippen molar-refractivity contribution in [2.45, 2.75) is 38.6 Å². The van der Waals surface area contributed by atoms with Crippen molar-refractivity contribution in [3.63, 3.8) is 0 Å². The molecule has 2 rings (SSSR count). The van der Waals surface area contributed by atoms with E-state index >= 15 is 0 Å². The average molecular weight is 165 g/mol. The van der Waals surface area contributed by atoms with Crippen molar-refractivity contribution < 1.29 is 0 Å². The molecule has 68 valence electrons. The van der Waals surface area contributed by atoms with Crippen LogP contribution in [-0.4, -0.2) is 12.6 Å². The monoisotopic (exact) mass is 165 g/mol. The van der Waals surface area contributed by atoms with Gasteiger partial charge in [-0.05, 0) is 31.6 Å². The maximum atomic E-state index is 3.63. The molecule has 2 fully saturated rings. The van der Waals surface area contributed by atoms with Gasteiger partial charge in [-0.3, -0.25) is 0 Å². The summed E-state index contributed by atoms with van der Waals surface area (Å²) in [5.74, 6) is 2.14. The highest BCUT2D eigenvalue weighted by molar-refractivity contribution is 4.99. The predicted octanol–water partition coefficient (Wildman–Crippen LogP) is 2.34. The normalized spacial score (nSPS) is 39.9. The van der Waals surface area contributed by atoms with Gasteiger partial charge in [-0.1, -0.05) is 25.0 Å². The summed E-state index contributed by atoms with van der Waals surface area (Å²) in [5, 5.41) is 3.63. The zero-order chi connectivity index (χ0) is 8.39. The van der Waals surface area contributed by atoms with Crippen LogP contribution in [0.3, 0.4) is 0 Å². The van der Waals surface area contributed by atoms with Crippen LogP contribution < -0.4 is 5.32 Å². The summed E-state index contributed by atoms with van der Waals surface area (Å²) in [5.41, 5.74) is 0. The Morgan fingerprint density at radius 3 is 3.17 bits per heavy atom. The van der Waals surface area contributed by atoms with Crippen molar-refractivity contribution in [2.24, 2.45) is 11.8 Å². The molecule has 3 atom stereocenters. The SMILES string of the molecule is C/C=C/CNC1CCCC2CC21. The minimum atomic E-state index is 0.847. The zero-order valence-electron chi connectivity index (χ0n) is 7.92. The van der Waals surface area contributed by atoms with E-state index in [2.05, 4.69) is 24.4 Å². The number of fused-ring (bicyclic) bond motifs is 1. The number of nitrogens with one attached hydrogen (secondary N) is 1. The second kappa shape index (κ2) is 3.61. The van der Waals surface area contributed by atoms with Crippen LogP contribution >= 0.6 is 0 Å². The highest BCUT2D eigenvalue weighted by Gasteiger charge is 2.44. The van der Waals surface area contributed by atoms with E-state index in [4.69, 9.17) is 0 Å². The van der Waals surface area contributed by atoms with E-state index in [-0.39, 0.29) is 0 Å². The molecule has 3 unspecified atom stereocenters. The smallest absolute Gasteiger partial charge is 0.0137 e. The van der Waals surface area contributed by atoms with E-state index in [1.165, 1.54) is 25.7 Å². The van der Waals surface area contributed by atoms with Crippen LogP contribution in [0, 0.1) is 11.8 Å². The van der Waals surface area contributed by atoms with Gasteiger partial charge in [0.25, 0.3) is 0 Å². The summed E-state index contributed by atoms with van der Waals surface area (Å²) < 4.78 is 0. The highest BCUT2D eigenvalue weighted by atomic mass is 14.9. The Hall–Kier alpha value is -0.300. The fraction of sp³-hybridized carbons (Fsp3) is 0.818. The van der Waals surface area contributed by atoms with Crippen LogP contribution in [0.4, 0.5) is 0 Å². The molecule has 0 aliphatic heterocycles. The Balaban J connectivity index is 1.72. The quantitative estimate of drug-likeness (QED) is 0.633. The van der Waals surface area contributed by atoms with E-state index in [1.54, 1.807) is 0 Å². The summed E-state index contributed by atoms with van der Waals surface area (Å²) in [6.45, 7) is 3.16. The van der Waals surface area contributed by atoms with Gasteiger partial charge >= 0.3 is 0 Å². The summed E-state index contributed by atoms with van der Waals surface area (Å²) in [4.78, 5) is 0. The van der Waals surface area contributed by atoms with Crippen LogP contribution in [0.1, 0.15) is 32.6 Å². The summed E-state index contributed by atoms with van der Waals surface area (Å²) >= 11 is 0. The molecule has 12 heavy (non-hydrogen) atoms. The van der Waals surface area contributed by atoms with Crippen LogP contribution in [0.5, 0.6) is 0 Å². The fourth-order valence-electron chi connectivity index (χ4n) is 2.50. The van der Waals surface area contributed by atoms with Gasteiger partial charge < -0.3 is 5.32 Å². The molecular weight excluding hydrogens is 146 g/mol. The van der Waals surface area contributed by atoms with Crippen LogP contribution in [0.25, 0.3) is 0 Å². The van der Waals surface area contributed by atoms with Crippen molar-refractivity contribution >= 4 is 0 Å². The Morgan fingerprint density at radius 2 is 2.33 bits per heavy atom. The van der Waals surface area contributed by atoms with Crippen LogP contribution in [-0.2, 0) is 0 Å². The summed E-state index contributed by atoms with van der Waals surface area (Å²) in [7, 11) is 0. The van der Waals surface area contributed by atoms with Gasteiger partial charge in [-0.25, -0.2) is 0 Å². The molecule has 0 bridgehead atoms. The Bertz CT molecular complexity index is 174. The lowest BCUT2D eigenvalue weighted by Gasteiger charge is -2.21. The van der Waals surface area contributed by atoms with E-state index < -0.39 is 0 Å². The zero-order valence-corrected chi connectivity index (χ0v) is 7.92. The third-order valence-electron chi connectivity index (χ3n) is 3.32. The maximum absolute atomic E-state index is 3.63. The minimum Gasteiger partial charge on any atom is -0.310 e. The van der Waals surface area contributed by atoms with Crippen molar-refractivity contribution in [3.8, 4) is 0 Å². The van der Waals surface area contributed by atoms with Crippen molar-refractivity contribution in [1.29, 1.82) is 0 Å². The lowest BCUT2D eigenvalue weighted by Crippen LogP contribution is -2.33. The molecule has 2 aliphatic carbocycles. The fourth-order valence-corrected chi connectivity index (χ4v) is 2.50. The largest absolute Gasteiger partial charge is 0.310 e. The highest BCUT2D eigenvalue weighted by Crippen LogP contribution is 2.49. The first-order chi connectivity index (χ1) is 5.92. The van der Waals surface area contributed by atoms with Gasteiger partial charge in [0.2, 0.25) is 0 Å². The topological polar surface area (TPSA) is 12.0 Å². The average Bonchev–Trinajstić information content (AvgIpc) is 2.84. The molecule has 0 heterocycles. The number of rotatable bonds is 3. The molecule has 0 saturated heterocycles. The first kappa shape index (κ1) is 8.31. The Kier molecular flexibility index (Phi) is 2.50. The predicted molar refractivity (Wildman–Crippen MR) is 52.1 cm³/mol. The summed E-state index contributed by atoms with van der Waals surface area (Å²) in [6.07, 6.45) is 10.2. The molecule has 2 aliphatic rings. The number of hydrogen-bond donors (Lipinski definition) is 1. The first-order valence-electron chi connectivity index (χ1n) is 5.26. The number of allylic oxidation sites excluding steroid dienone is 1. The van der Waals surface area contributed by atoms with Crippen LogP contribution in [0.2, 0.25) is 0 Å². The van der Waals surface area contributed by atoms with Gasteiger partial charge in [-0.2, -0.15) is 0 Å². The lowest BCUT2D eigenvalue weighted by molar-refractivity contribution is 0.364. The lowest BCUT2D eigenvalue weighted by atomic mass is 9.95. The van der Waals surface area contributed by atoms with Crippen LogP contribution in [0.15, 0.2) is 12.2 Å². The summed E-state index contributed by atoms with van der Waals surface area (Å²) in [6, 6.07) is 0.847. The van der Waals surface area contributed by atoms with Crippen molar-refractivity contribution in [1.82, 2.24) is 5.32 Å². The van der Waals surface area contributed by atoms with Gasteiger partial charge in [0, 0.05) is 12.6 Å². The molecule has 2 saturated carbocycles. The third-order valence-corrected chi connectivity index (χ3v) is 3.32.